The average molecular weight is 206 g/mol. The summed E-state index contributed by atoms with van der Waals surface area (Å²) in [6.07, 6.45) is 5.08. The van der Waals surface area contributed by atoms with Crippen LogP contribution in [-0.4, -0.2) is 14.8 Å². The van der Waals surface area contributed by atoms with Gasteiger partial charge in [-0.25, -0.2) is 4.98 Å². The minimum absolute atomic E-state index is 0.470. The van der Waals surface area contributed by atoms with Crippen LogP contribution < -0.4 is 5.73 Å². The molecule has 0 aromatic carbocycles. The van der Waals surface area contributed by atoms with Crippen LogP contribution in [0.1, 0.15) is 11.1 Å². The Bertz CT molecular complexity index is 435. The smallest absolute Gasteiger partial charge is 0.212 e. The van der Waals surface area contributed by atoms with Crippen LogP contribution in [0.3, 0.4) is 0 Å². The first-order valence-corrected chi connectivity index (χ1v) is 4.60. The Hall–Kier alpha value is -1.75. The average Bonchev–Trinajstić information content (AvgIpc) is 2.69. The van der Waals surface area contributed by atoms with Gasteiger partial charge in [0.2, 0.25) is 5.95 Å². The summed E-state index contributed by atoms with van der Waals surface area (Å²) in [4.78, 5) is 3.57. The Morgan fingerprint density at radius 2 is 2.13 bits per heavy atom. The van der Waals surface area contributed by atoms with Gasteiger partial charge in [0.05, 0.1) is 12.7 Å². The molecule has 78 valence electrons. The number of nitrogens with two attached hydrogens (primary N) is 1. The van der Waals surface area contributed by atoms with E-state index >= 15 is 0 Å². The molecule has 0 aliphatic rings. The molecule has 0 saturated heterocycles. The first-order chi connectivity index (χ1) is 7.28. The molecule has 2 N–H and O–H groups in total. The van der Waals surface area contributed by atoms with Gasteiger partial charge >= 0.3 is 0 Å². The van der Waals surface area contributed by atoms with Crippen LogP contribution >= 0.6 is 0 Å². The molecular formula is C10H11FN4. The molecule has 0 unspecified atom stereocenters. The molecule has 0 spiro atoms. The first-order valence-electron chi connectivity index (χ1n) is 4.60. The summed E-state index contributed by atoms with van der Waals surface area (Å²) in [7, 11) is 0. The lowest BCUT2D eigenvalue weighted by Gasteiger charge is -2.00. The lowest BCUT2D eigenvalue weighted by atomic mass is 10.3. The summed E-state index contributed by atoms with van der Waals surface area (Å²) in [6.45, 7) is 1.05. The molecule has 2 aromatic heterocycles. The highest BCUT2D eigenvalue weighted by Crippen LogP contribution is 2.03. The molecule has 4 nitrogen and oxygen atoms in total. The predicted octanol–water partition coefficient (Wildman–Crippen LogP) is 0.924. The second-order valence-corrected chi connectivity index (χ2v) is 3.24. The van der Waals surface area contributed by atoms with E-state index in [2.05, 4.69) is 10.1 Å². The molecule has 0 aliphatic heterocycles. The summed E-state index contributed by atoms with van der Waals surface area (Å²) >= 11 is 0. The number of hydrogen-bond donors (Lipinski definition) is 1. The van der Waals surface area contributed by atoms with E-state index in [1.54, 1.807) is 16.9 Å². The molecule has 15 heavy (non-hydrogen) atoms. The zero-order chi connectivity index (χ0) is 10.7. The van der Waals surface area contributed by atoms with E-state index < -0.39 is 5.95 Å². The molecule has 0 saturated carbocycles. The van der Waals surface area contributed by atoms with Gasteiger partial charge in [0.25, 0.3) is 0 Å². The van der Waals surface area contributed by atoms with Crippen molar-refractivity contribution >= 4 is 0 Å². The van der Waals surface area contributed by atoms with Gasteiger partial charge < -0.3 is 5.73 Å². The third-order valence-corrected chi connectivity index (χ3v) is 2.06. The van der Waals surface area contributed by atoms with Crippen LogP contribution in [0.5, 0.6) is 0 Å². The lowest BCUT2D eigenvalue weighted by Crippen LogP contribution is -2.01. The van der Waals surface area contributed by atoms with Crippen LogP contribution in [0, 0.1) is 5.95 Å². The summed E-state index contributed by atoms with van der Waals surface area (Å²) in [5.41, 5.74) is 7.34. The van der Waals surface area contributed by atoms with Crippen molar-refractivity contribution in [3.05, 3.63) is 47.8 Å². The van der Waals surface area contributed by atoms with Gasteiger partial charge in [-0.05, 0) is 11.6 Å². The largest absolute Gasteiger partial charge is 0.326 e. The molecule has 0 fully saturated rings. The fraction of sp³-hybridized carbons (Fsp3) is 0.200. The minimum Gasteiger partial charge on any atom is -0.326 e. The van der Waals surface area contributed by atoms with E-state index in [4.69, 9.17) is 5.73 Å². The molecule has 2 aromatic rings. The summed E-state index contributed by atoms with van der Waals surface area (Å²) in [6, 6.07) is 3.02. The van der Waals surface area contributed by atoms with Crippen molar-refractivity contribution in [1.29, 1.82) is 0 Å². The topological polar surface area (TPSA) is 56.7 Å². The number of aromatic nitrogens is 3. The molecule has 0 radical (unpaired) electrons. The van der Waals surface area contributed by atoms with Crippen LogP contribution in [-0.2, 0) is 13.1 Å². The Balaban J connectivity index is 2.11. The van der Waals surface area contributed by atoms with Crippen molar-refractivity contribution in [2.24, 2.45) is 5.73 Å². The number of rotatable bonds is 3. The number of hydrogen-bond acceptors (Lipinski definition) is 3. The van der Waals surface area contributed by atoms with E-state index in [1.807, 2.05) is 6.20 Å². The van der Waals surface area contributed by atoms with E-state index in [1.165, 1.54) is 12.3 Å². The minimum atomic E-state index is -0.470. The molecule has 2 rings (SSSR count). The highest BCUT2D eigenvalue weighted by Gasteiger charge is 1.99. The van der Waals surface area contributed by atoms with Crippen molar-refractivity contribution in [2.75, 3.05) is 0 Å². The third-order valence-electron chi connectivity index (χ3n) is 2.06. The van der Waals surface area contributed by atoms with Gasteiger partial charge in [-0.2, -0.15) is 9.49 Å². The van der Waals surface area contributed by atoms with Gasteiger partial charge in [0.15, 0.2) is 0 Å². The van der Waals surface area contributed by atoms with Gasteiger partial charge in [-0.1, -0.05) is 6.07 Å². The van der Waals surface area contributed by atoms with E-state index in [0.717, 1.165) is 11.1 Å². The van der Waals surface area contributed by atoms with Gasteiger partial charge in [-0.3, -0.25) is 4.68 Å². The zero-order valence-electron chi connectivity index (χ0n) is 8.10. The maximum absolute atomic E-state index is 12.5. The first kappa shape index (κ1) is 9.79. The Morgan fingerprint density at radius 1 is 1.27 bits per heavy atom. The molecule has 0 atom stereocenters. The van der Waals surface area contributed by atoms with E-state index in [0.29, 0.717) is 13.1 Å². The van der Waals surface area contributed by atoms with E-state index in [9.17, 15) is 4.39 Å². The maximum atomic E-state index is 12.5. The van der Waals surface area contributed by atoms with Crippen LogP contribution in [0.15, 0.2) is 30.7 Å². The van der Waals surface area contributed by atoms with Crippen LogP contribution in [0.2, 0.25) is 0 Å². The highest BCUT2D eigenvalue weighted by molar-refractivity contribution is 5.11. The normalized spacial score (nSPS) is 10.5. The summed E-state index contributed by atoms with van der Waals surface area (Å²) in [5.74, 6) is -0.470. The van der Waals surface area contributed by atoms with Crippen LogP contribution in [0.25, 0.3) is 0 Å². The highest BCUT2D eigenvalue weighted by atomic mass is 19.1. The van der Waals surface area contributed by atoms with Crippen molar-refractivity contribution < 1.29 is 4.39 Å². The number of nitrogens with zero attached hydrogens (tertiary/aromatic N) is 3. The maximum Gasteiger partial charge on any atom is 0.212 e. The molecule has 0 aliphatic carbocycles. The summed E-state index contributed by atoms with van der Waals surface area (Å²) < 4.78 is 14.3. The Labute approximate surface area is 86.6 Å². The number of halogens is 1. The standard InChI is InChI=1S/C10H11FN4/c11-10-2-1-8(4-13-10)6-15-7-9(3-12)5-14-15/h1-2,4-5,7H,3,6,12H2. The zero-order valence-corrected chi connectivity index (χ0v) is 8.10. The molecule has 0 amide bonds. The van der Waals surface area contributed by atoms with Crippen molar-refractivity contribution in [3.8, 4) is 0 Å². The van der Waals surface area contributed by atoms with Gasteiger partial charge in [0.1, 0.15) is 0 Å². The quantitative estimate of drug-likeness (QED) is 0.760. The Kier molecular flexibility index (Phi) is 2.73. The van der Waals surface area contributed by atoms with Crippen molar-refractivity contribution in [1.82, 2.24) is 14.8 Å². The second kappa shape index (κ2) is 4.18. The molecular weight excluding hydrogens is 195 g/mol. The Morgan fingerprint density at radius 3 is 2.73 bits per heavy atom. The van der Waals surface area contributed by atoms with Gasteiger partial charge in [-0.15, -0.1) is 0 Å². The summed E-state index contributed by atoms with van der Waals surface area (Å²) in [5, 5.41) is 4.12. The van der Waals surface area contributed by atoms with Crippen LogP contribution in [0.4, 0.5) is 4.39 Å². The van der Waals surface area contributed by atoms with Crippen molar-refractivity contribution in [3.63, 3.8) is 0 Å². The molecule has 0 bridgehead atoms. The second-order valence-electron chi connectivity index (χ2n) is 3.24. The fourth-order valence-electron chi connectivity index (χ4n) is 1.29. The number of pyridine rings is 1. The molecule has 2 heterocycles. The third kappa shape index (κ3) is 2.38. The van der Waals surface area contributed by atoms with E-state index in [-0.39, 0.29) is 0 Å². The molecule has 5 heteroatoms. The van der Waals surface area contributed by atoms with Gasteiger partial charge in [0, 0.05) is 24.5 Å². The van der Waals surface area contributed by atoms with Crippen molar-refractivity contribution in [2.45, 2.75) is 13.1 Å². The lowest BCUT2D eigenvalue weighted by molar-refractivity contribution is 0.579. The SMILES string of the molecule is NCc1cnn(Cc2ccc(F)nc2)c1. The predicted molar refractivity (Wildman–Crippen MR) is 53.4 cm³/mol. The fourth-order valence-corrected chi connectivity index (χ4v) is 1.29. The monoisotopic (exact) mass is 206 g/mol.